The van der Waals surface area contributed by atoms with Crippen molar-refractivity contribution in [2.75, 3.05) is 6.61 Å². The zero-order valence-corrected chi connectivity index (χ0v) is 11.3. The van der Waals surface area contributed by atoms with Gasteiger partial charge in [-0.25, -0.2) is 4.68 Å². The number of rotatable bonds is 5. The maximum absolute atomic E-state index is 11.1. The number of aliphatic hydroxyl groups is 1. The van der Waals surface area contributed by atoms with Gasteiger partial charge >= 0.3 is 0 Å². The molecule has 2 rings (SSSR count). The predicted molar refractivity (Wildman–Crippen MR) is 70.3 cm³/mol. The Morgan fingerprint density at radius 3 is 2.85 bits per heavy atom. The van der Waals surface area contributed by atoms with Crippen molar-refractivity contribution in [3.8, 4) is 0 Å². The van der Waals surface area contributed by atoms with Crippen molar-refractivity contribution >= 4 is 5.69 Å². The van der Waals surface area contributed by atoms with E-state index < -0.39 is 4.92 Å². The molecule has 0 saturated carbocycles. The highest BCUT2D eigenvalue weighted by atomic mass is 16.6. The van der Waals surface area contributed by atoms with Crippen molar-refractivity contribution in [1.29, 1.82) is 0 Å². The molecule has 0 unspecified atom stereocenters. The van der Waals surface area contributed by atoms with Crippen LogP contribution in [0.4, 0.5) is 5.69 Å². The Morgan fingerprint density at radius 2 is 2.20 bits per heavy atom. The average molecular weight is 277 g/mol. The lowest BCUT2D eigenvalue weighted by Gasteiger charge is -2.07. The molecule has 0 aliphatic carbocycles. The third kappa shape index (κ3) is 2.80. The fourth-order valence-electron chi connectivity index (χ4n) is 2.00. The van der Waals surface area contributed by atoms with E-state index in [4.69, 9.17) is 5.11 Å². The van der Waals surface area contributed by atoms with Crippen LogP contribution in [-0.2, 0) is 13.0 Å². The molecule has 106 valence electrons. The molecule has 1 N–H and O–H groups in total. The number of nitrogens with zero attached hydrogens (tertiary/aromatic N) is 5. The average Bonchev–Trinajstić information content (AvgIpc) is 2.81. The van der Waals surface area contributed by atoms with Crippen molar-refractivity contribution in [3.05, 3.63) is 45.0 Å². The van der Waals surface area contributed by atoms with Gasteiger partial charge in [-0.2, -0.15) is 0 Å². The fraction of sp³-hybridized carbons (Fsp3) is 0.417. The molecule has 0 aliphatic rings. The first-order valence-corrected chi connectivity index (χ1v) is 6.12. The fourth-order valence-corrected chi connectivity index (χ4v) is 2.00. The monoisotopic (exact) mass is 277 g/mol. The summed E-state index contributed by atoms with van der Waals surface area (Å²) in [5, 5.41) is 27.7. The molecule has 0 bridgehead atoms. The molecule has 20 heavy (non-hydrogen) atoms. The summed E-state index contributed by atoms with van der Waals surface area (Å²) in [7, 11) is 0. The topological polar surface area (TPSA) is 107 Å². The van der Waals surface area contributed by atoms with Crippen molar-refractivity contribution in [3.63, 3.8) is 0 Å². The third-order valence-electron chi connectivity index (χ3n) is 3.02. The Hall–Kier alpha value is -2.35. The van der Waals surface area contributed by atoms with Crippen LogP contribution >= 0.6 is 0 Å². The Morgan fingerprint density at radius 1 is 1.45 bits per heavy atom. The normalized spacial score (nSPS) is 10.8. The number of hydrogen-bond acceptors (Lipinski definition) is 6. The van der Waals surface area contributed by atoms with Gasteiger partial charge in [0.25, 0.3) is 5.69 Å². The smallest absolute Gasteiger partial charge is 0.278 e. The van der Waals surface area contributed by atoms with E-state index in [2.05, 4.69) is 15.3 Å². The summed E-state index contributed by atoms with van der Waals surface area (Å²) in [4.78, 5) is 14.9. The first-order chi connectivity index (χ1) is 9.52. The van der Waals surface area contributed by atoms with Crippen LogP contribution in [0.15, 0.2) is 12.4 Å². The standard InChI is InChI=1S/C12H15N5O3/c1-8-5-13-11(9(2)12(8)17(19)20)7-16-6-10(3-4-18)14-15-16/h5-6,18H,3-4,7H2,1-2H3. The number of nitro groups is 1. The van der Waals surface area contributed by atoms with Gasteiger partial charge in [0.15, 0.2) is 0 Å². The molecule has 0 fully saturated rings. The van der Waals surface area contributed by atoms with E-state index >= 15 is 0 Å². The summed E-state index contributed by atoms with van der Waals surface area (Å²) in [5.41, 5.74) is 2.42. The minimum atomic E-state index is -0.394. The molecule has 0 amide bonds. The van der Waals surface area contributed by atoms with Crippen LogP contribution in [0.3, 0.4) is 0 Å². The lowest BCUT2D eigenvalue weighted by Crippen LogP contribution is -2.07. The van der Waals surface area contributed by atoms with Gasteiger partial charge in [0.05, 0.1) is 28.4 Å². The minimum absolute atomic E-state index is 0.00593. The van der Waals surface area contributed by atoms with Crippen LogP contribution in [0.1, 0.15) is 22.5 Å². The Kier molecular flexibility index (Phi) is 4.04. The molecular formula is C12H15N5O3. The molecule has 2 aromatic rings. The van der Waals surface area contributed by atoms with Crippen LogP contribution in [0.5, 0.6) is 0 Å². The first kappa shape index (κ1) is 14.1. The number of aliphatic hydroxyl groups excluding tert-OH is 1. The molecule has 0 aromatic carbocycles. The van der Waals surface area contributed by atoms with Crippen LogP contribution in [-0.4, -0.2) is 36.6 Å². The number of pyridine rings is 1. The summed E-state index contributed by atoms with van der Waals surface area (Å²) in [6, 6.07) is 0. The first-order valence-electron chi connectivity index (χ1n) is 6.12. The van der Waals surface area contributed by atoms with Gasteiger partial charge in [-0.05, 0) is 13.8 Å². The summed E-state index contributed by atoms with van der Waals surface area (Å²) in [6.45, 7) is 3.66. The van der Waals surface area contributed by atoms with Gasteiger partial charge in [-0.15, -0.1) is 5.10 Å². The molecule has 0 radical (unpaired) electrons. The van der Waals surface area contributed by atoms with Gasteiger partial charge in [0.2, 0.25) is 0 Å². The minimum Gasteiger partial charge on any atom is -0.396 e. The van der Waals surface area contributed by atoms with E-state index in [9.17, 15) is 10.1 Å². The SMILES string of the molecule is Cc1cnc(Cn2cc(CCO)nn2)c(C)c1[N+](=O)[O-]. The second-order valence-electron chi connectivity index (χ2n) is 4.50. The highest BCUT2D eigenvalue weighted by molar-refractivity contribution is 5.47. The van der Waals surface area contributed by atoms with Gasteiger partial charge < -0.3 is 5.11 Å². The summed E-state index contributed by atoms with van der Waals surface area (Å²) in [5.74, 6) is 0. The molecular weight excluding hydrogens is 262 g/mol. The van der Waals surface area contributed by atoms with Gasteiger partial charge in [-0.3, -0.25) is 15.1 Å². The van der Waals surface area contributed by atoms with Crippen molar-refractivity contribution in [2.45, 2.75) is 26.8 Å². The van der Waals surface area contributed by atoms with Gasteiger partial charge in [-0.1, -0.05) is 5.21 Å². The number of aryl methyl sites for hydroxylation is 1. The molecule has 8 nitrogen and oxygen atoms in total. The molecule has 2 heterocycles. The summed E-state index contributed by atoms with van der Waals surface area (Å²) >= 11 is 0. The highest BCUT2D eigenvalue weighted by Gasteiger charge is 2.19. The van der Waals surface area contributed by atoms with Crippen LogP contribution in [0, 0.1) is 24.0 Å². The number of aromatic nitrogens is 4. The van der Waals surface area contributed by atoms with Crippen LogP contribution in [0.2, 0.25) is 0 Å². The van der Waals surface area contributed by atoms with Crippen LogP contribution < -0.4 is 0 Å². The molecule has 0 saturated heterocycles. The Labute approximate surface area is 115 Å². The zero-order chi connectivity index (χ0) is 14.7. The molecule has 0 spiro atoms. The lowest BCUT2D eigenvalue weighted by atomic mass is 10.1. The second kappa shape index (κ2) is 5.74. The number of hydrogen-bond donors (Lipinski definition) is 1. The quantitative estimate of drug-likeness (QED) is 0.639. The maximum atomic E-state index is 11.1. The maximum Gasteiger partial charge on any atom is 0.278 e. The van der Waals surface area contributed by atoms with Gasteiger partial charge in [0, 0.05) is 31.0 Å². The van der Waals surface area contributed by atoms with E-state index in [1.165, 1.54) is 6.20 Å². The molecule has 0 atom stereocenters. The van der Waals surface area contributed by atoms with Crippen LogP contribution in [0.25, 0.3) is 0 Å². The van der Waals surface area contributed by atoms with Crippen molar-refractivity contribution < 1.29 is 10.0 Å². The Balaban J connectivity index is 2.29. The Bertz CT molecular complexity index is 638. The highest BCUT2D eigenvalue weighted by Crippen LogP contribution is 2.24. The second-order valence-corrected chi connectivity index (χ2v) is 4.50. The largest absolute Gasteiger partial charge is 0.396 e. The van der Waals surface area contributed by atoms with E-state index in [0.717, 1.165) is 0 Å². The van der Waals surface area contributed by atoms with E-state index in [-0.39, 0.29) is 12.3 Å². The van der Waals surface area contributed by atoms with Gasteiger partial charge in [0.1, 0.15) is 0 Å². The zero-order valence-electron chi connectivity index (χ0n) is 11.3. The molecule has 2 aromatic heterocycles. The van der Waals surface area contributed by atoms with Crippen molar-refractivity contribution in [1.82, 2.24) is 20.0 Å². The molecule has 0 aliphatic heterocycles. The predicted octanol–water partition coefficient (Wildman–Crippen LogP) is 0.781. The summed E-state index contributed by atoms with van der Waals surface area (Å²) < 4.78 is 1.55. The molecule has 8 heteroatoms. The van der Waals surface area contributed by atoms with E-state index in [0.29, 0.717) is 35.5 Å². The third-order valence-corrected chi connectivity index (χ3v) is 3.02. The lowest BCUT2D eigenvalue weighted by molar-refractivity contribution is -0.386. The summed E-state index contributed by atoms with van der Waals surface area (Å²) in [6.07, 6.45) is 3.62. The van der Waals surface area contributed by atoms with E-state index in [1.807, 2.05) is 0 Å². The van der Waals surface area contributed by atoms with Crippen molar-refractivity contribution in [2.24, 2.45) is 0 Å². The van der Waals surface area contributed by atoms with E-state index in [1.54, 1.807) is 24.7 Å².